The molecule has 0 spiro atoms. The number of nitrogens with zero attached hydrogens (tertiary/aromatic N) is 4. The molecule has 0 bridgehead atoms. The van der Waals surface area contributed by atoms with E-state index in [-0.39, 0.29) is 17.6 Å². The number of fused-ring (bicyclic) bond motifs is 1. The number of anilines is 1. The van der Waals surface area contributed by atoms with E-state index in [1.165, 1.54) is 6.07 Å². The highest BCUT2D eigenvalue weighted by Gasteiger charge is 2.22. The Morgan fingerprint density at radius 1 is 1.06 bits per heavy atom. The van der Waals surface area contributed by atoms with E-state index in [2.05, 4.69) is 20.4 Å². The summed E-state index contributed by atoms with van der Waals surface area (Å²) in [5.41, 5.74) is 3.39. The van der Waals surface area contributed by atoms with Crippen LogP contribution in [0.15, 0.2) is 51.3 Å². The minimum absolute atomic E-state index is 0.101. The largest absolute Gasteiger partial charge is 0.451 e. The summed E-state index contributed by atoms with van der Waals surface area (Å²) in [7, 11) is 0. The van der Waals surface area contributed by atoms with Gasteiger partial charge in [0, 0.05) is 50.2 Å². The first-order valence-electron chi connectivity index (χ1n) is 11.3. The van der Waals surface area contributed by atoms with E-state index in [1.807, 2.05) is 43.0 Å². The molecule has 1 aliphatic rings. The predicted octanol–water partition coefficient (Wildman–Crippen LogP) is 3.79. The number of benzene rings is 2. The predicted molar refractivity (Wildman–Crippen MR) is 126 cm³/mol. The Bertz CT molecular complexity index is 1320. The second-order valence-electron chi connectivity index (χ2n) is 8.50. The Morgan fingerprint density at radius 2 is 1.85 bits per heavy atom. The molecule has 0 radical (unpaired) electrons. The van der Waals surface area contributed by atoms with Gasteiger partial charge in [0.2, 0.25) is 0 Å². The van der Waals surface area contributed by atoms with Gasteiger partial charge in [0.15, 0.2) is 5.76 Å². The van der Waals surface area contributed by atoms with E-state index in [9.17, 15) is 9.18 Å². The molecule has 0 unspecified atom stereocenters. The number of rotatable bonds is 6. The molecule has 9 heteroatoms. The molecule has 0 aliphatic carbocycles. The van der Waals surface area contributed by atoms with Crippen molar-refractivity contribution >= 4 is 22.6 Å². The number of nitrogens with one attached hydrogen (secondary N) is 1. The summed E-state index contributed by atoms with van der Waals surface area (Å²) in [4.78, 5) is 16.8. The number of hydrogen-bond donors (Lipinski definition) is 1. The van der Waals surface area contributed by atoms with Crippen molar-refractivity contribution in [1.29, 1.82) is 0 Å². The van der Waals surface area contributed by atoms with Gasteiger partial charge >= 0.3 is 11.8 Å². The summed E-state index contributed by atoms with van der Waals surface area (Å²) in [5.74, 6) is -0.0699. The summed E-state index contributed by atoms with van der Waals surface area (Å²) in [5, 5.41) is 11.7. The number of carbonyl (C=O) groups excluding carboxylic acids is 1. The first kappa shape index (κ1) is 22.1. The summed E-state index contributed by atoms with van der Waals surface area (Å²) < 4.78 is 25.5. The smallest absolute Gasteiger partial charge is 0.308 e. The van der Waals surface area contributed by atoms with Crippen LogP contribution in [0.1, 0.15) is 21.8 Å². The lowest BCUT2D eigenvalue weighted by molar-refractivity contribution is 0.0913. The third-order valence-corrected chi connectivity index (χ3v) is 6.18. The number of para-hydroxylation sites is 1. The maximum Gasteiger partial charge on any atom is 0.308 e. The quantitative estimate of drug-likeness (QED) is 0.465. The van der Waals surface area contributed by atoms with Gasteiger partial charge in [0.1, 0.15) is 11.4 Å². The number of furan rings is 1. The lowest BCUT2D eigenvalue weighted by Crippen LogP contribution is -2.48. The van der Waals surface area contributed by atoms with Gasteiger partial charge in [-0.3, -0.25) is 9.69 Å². The zero-order valence-electron chi connectivity index (χ0n) is 19.2. The van der Waals surface area contributed by atoms with Crippen LogP contribution in [0.25, 0.3) is 22.6 Å². The van der Waals surface area contributed by atoms with Gasteiger partial charge in [-0.15, -0.1) is 10.2 Å². The Hall–Kier alpha value is -3.72. The summed E-state index contributed by atoms with van der Waals surface area (Å²) in [6.07, 6.45) is 0. The minimum atomic E-state index is -0.423. The fourth-order valence-corrected chi connectivity index (χ4v) is 4.27. The fraction of sp³-hybridized carbons (Fsp3) is 0.320. The van der Waals surface area contributed by atoms with Gasteiger partial charge in [-0.1, -0.05) is 23.8 Å². The number of aromatic nitrogens is 2. The molecule has 34 heavy (non-hydrogen) atoms. The Balaban J connectivity index is 1.14. The average molecular weight is 464 g/mol. The summed E-state index contributed by atoms with van der Waals surface area (Å²) >= 11 is 0. The monoisotopic (exact) mass is 463 g/mol. The molecule has 0 atom stereocenters. The van der Waals surface area contributed by atoms with Crippen molar-refractivity contribution in [3.05, 3.63) is 65.3 Å². The molecule has 176 valence electrons. The van der Waals surface area contributed by atoms with Crippen molar-refractivity contribution in [3.63, 3.8) is 0 Å². The molecule has 1 N–H and O–H groups in total. The second-order valence-corrected chi connectivity index (χ2v) is 8.50. The number of halogens is 1. The Morgan fingerprint density at radius 3 is 2.65 bits per heavy atom. The zero-order valence-corrected chi connectivity index (χ0v) is 19.2. The number of piperazine rings is 1. The van der Waals surface area contributed by atoms with E-state index in [0.717, 1.165) is 48.3 Å². The third-order valence-electron chi connectivity index (χ3n) is 6.18. The molecule has 1 saturated heterocycles. The molecule has 5 rings (SSSR count). The Labute approximate surface area is 196 Å². The van der Waals surface area contributed by atoms with Crippen LogP contribution in [0.5, 0.6) is 0 Å². The van der Waals surface area contributed by atoms with Crippen molar-refractivity contribution in [2.75, 3.05) is 44.2 Å². The summed E-state index contributed by atoms with van der Waals surface area (Å²) in [6, 6.07) is 12.7. The number of carbonyl (C=O) groups is 1. The van der Waals surface area contributed by atoms with Crippen LogP contribution in [0.3, 0.4) is 0 Å². The van der Waals surface area contributed by atoms with Crippen LogP contribution in [0.4, 0.5) is 10.1 Å². The van der Waals surface area contributed by atoms with Crippen LogP contribution < -0.4 is 10.2 Å². The van der Waals surface area contributed by atoms with Crippen molar-refractivity contribution in [1.82, 2.24) is 20.4 Å². The molecule has 1 amide bonds. The van der Waals surface area contributed by atoms with Gasteiger partial charge in [0.05, 0.1) is 5.69 Å². The third kappa shape index (κ3) is 4.38. The number of aryl methyl sites for hydroxylation is 2. The van der Waals surface area contributed by atoms with Crippen LogP contribution in [0, 0.1) is 19.7 Å². The minimum Gasteiger partial charge on any atom is -0.451 e. The van der Waals surface area contributed by atoms with Crippen molar-refractivity contribution in [2.24, 2.45) is 0 Å². The van der Waals surface area contributed by atoms with Gasteiger partial charge in [-0.25, -0.2) is 4.39 Å². The van der Waals surface area contributed by atoms with Gasteiger partial charge < -0.3 is 19.1 Å². The van der Waals surface area contributed by atoms with Crippen molar-refractivity contribution in [3.8, 4) is 11.7 Å². The Kier molecular flexibility index (Phi) is 6.02. The highest BCUT2D eigenvalue weighted by molar-refractivity contribution is 5.90. The van der Waals surface area contributed by atoms with Gasteiger partial charge in [-0.2, -0.15) is 0 Å². The van der Waals surface area contributed by atoms with E-state index in [0.29, 0.717) is 24.5 Å². The normalized spacial score (nSPS) is 14.6. The highest BCUT2D eigenvalue weighted by Crippen LogP contribution is 2.32. The van der Waals surface area contributed by atoms with E-state index in [1.54, 1.807) is 12.1 Å². The molecular formula is C25H26FN5O3. The highest BCUT2D eigenvalue weighted by atomic mass is 19.1. The molecule has 0 saturated carbocycles. The first-order chi connectivity index (χ1) is 16.5. The molecule has 1 aliphatic heterocycles. The standard InChI is InChI=1S/C25H26FN5O3/c1-16-7-8-21-18(15-16)17(2)22(33-21)24-28-29-25(34-24)23(32)27-9-10-30-11-13-31(14-12-30)20-6-4-3-5-19(20)26/h3-8,15H,9-14H2,1-2H3,(H,27,32). The van der Waals surface area contributed by atoms with Crippen molar-refractivity contribution in [2.45, 2.75) is 13.8 Å². The van der Waals surface area contributed by atoms with Gasteiger partial charge in [-0.05, 0) is 38.1 Å². The van der Waals surface area contributed by atoms with E-state index in [4.69, 9.17) is 8.83 Å². The maximum absolute atomic E-state index is 14.0. The zero-order chi connectivity index (χ0) is 23.7. The number of hydrogen-bond acceptors (Lipinski definition) is 7. The van der Waals surface area contributed by atoms with Crippen LogP contribution >= 0.6 is 0 Å². The van der Waals surface area contributed by atoms with E-state index < -0.39 is 5.91 Å². The molecule has 2 aromatic carbocycles. The van der Waals surface area contributed by atoms with Gasteiger partial charge in [0.25, 0.3) is 5.89 Å². The molecule has 4 aromatic rings. The van der Waals surface area contributed by atoms with Crippen LogP contribution in [0.2, 0.25) is 0 Å². The topological polar surface area (TPSA) is 87.6 Å². The molecule has 3 heterocycles. The summed E-state index contributed by atoms with van der Waals surface area (Å²) in [6.45, 7) is 8.12. The maximum atomic E-state index is 14.0. The first-order valence-corrected chi connectivity index (χ1v) is 11.3. The van der Waals surface area contributed by atoms with E-state index >= 15 is 0 Å². The van der Waals surface area contributed by atoms with Crippen LogP contribution in [-0.2, 0) is 0 Å². The lowest BCUT2D eigenvalue weighted by Gasteiger charge is -2.36. The SMILES string of the molecule is Cc1ccc2oc(-c3nnc(C(=O)NCCN4CCN(c5ccccc5F)CC4)o3)c(C)c2c1. The fourth-order valence-electron chi connectivity index (χ4n) is 4.27. The van der Waals surface area contributed by atoms with Crippen LogP contribution in [-0.4, -0.2) is 60.3 Å². The molecule has 8 nitrogen and oxygen atoms in total. The second kappa shape index (κ2) is 9.26. The molecular weight excluding hydrogens is 437 g/mol. The molecule has 2 aromatic heterocycles. The molecule has 1 fully saturated rings. The lowest BCUT2D eigenvalue weighted by atomic mass is 10.1. The average Bonchev–Trinajstić information content (AvgIpc) is 3.45. The van der Waals surface area contributed by atoms with Crippen molar-refractivity contribution < 1.29 is 18.0 Å². The number of amides is 1.